The van der Waals surface area contributed by atoms with Crippen molar-refractivity contribution < 1.29 is 4.74 Å². The molecular formula is C33H35N3O2. The van der Waals surface area contributed by atoms with E-state index >= 15 is 0 Å². The molecule has 7 rings (SSSR count). The Bertz CT molecular complexity index is 1550. The minimum absolute atomic E-state index is 0.00120. The summed E-state index contributed by atoms with van der Waals surface area (Å²) in [7, 11) is 0. The molecule has 2 aliphatic heterocycles. The first kappa shape index (κ1) is 23.7. The van der Waals surface area contributed by atoms with E-state index in [2.05, 4.69) is 65.3 Å². The van der Waals surface area contributed by atoms with Crippen molar-refractivity contribution in [2.24, 2.45) is 0 Å². The van der Waals surface area contributed by atoms with Crippen molar-refractivity contribution in [2.45, 2.75) is 44.8 Å². The number of benzene rings is 3. The van der Waals surface area contributed by atoms with Gasteiger partial charge in [-0.15, -0.1) is 0 Å². The van der Waals surface area contributed by atoms with Gasteiger partial charge in [-0.3, -0.25) is 14.3 Å². The second-order valence-electron chi connectivity index (χ2n) is 11.1. The molecule has 0 spiro atoms. The number of aromatic nitrogens is 1. The zero-order valence-electron chi connectivity index (χ0n) is 22.1. The van der Waals surface area contributed by atoms with Crippen LogP contribution in [0, 0.1) is 0 Å². The first-order valence-corrected chi connectivity index (χ1v) is 14.1. The lowest BCUT2D eigenvalue weighted by molar-refractivity contribution is 0.0255. The van der Waals surface area contributed by atoms with Crippen molar-refractivity contribution in [2.75, 3.05) is 37.7 Å². The number of piperazine rings is 1. The molecule has 1 saturated heterocycles. The Balaban J connectivity index is 1.03. The molecule has 3 heterocycles. The maximum atomic E-state index is 12.3. The van der Waals surface area contributed by atoms with Crippen LogP contribution in [0.2, 0.25) is 0 Å². The van der Waals surface area contributed by atoms with Crippen molar-refractivity contribution >= 4 is 16.5 Å². The predicted molar refractivity (Wildman–Crippen MR) is 154 cm³/mol. The van der Waals surface area contributed by atoms with Gasteiger partial charge in [0.25, 0.3) is 5.56 Å². The zero-order valence-corrected chi connectivity index (χ0v) is 22.1. The quantitative estimate of drug-likeness (QED) is 0.369. The van der Waals surface area contributed by atoms with E-state index in [1.165, 1.54) is 51.6 Å². The number of rotatable bonds is 5. The van der Waals surface area contributed by atoms with E-state index in [4.69, 9.17) is 4.74 Å². The minimum atomic E-state index is 0.00120. The van der Waals surface area contributed by atoms with Crippen molar-refractivity contribution in [3.63, 3.8) is 0 Å². The third kappa shape index (κ3) is 4.14. The molecule has 194 valence electrons. The van der Waals surface area contributed by atoms with Crippen molar-refractivity contribution in [1.29, 1.82) is 0 Å². The average Bonchev–Trinajstić information content (AvgIpc) is 3.37. The SMILES string of the molecule is C[C@@H]1CN(c2ccc3c4c(cccc24)CC3)CCN1CC[C@@H]1OCCc2cc(-n3ccccc3=O)ccc21. The van der Waals surface area contributed by atoms with Crippen LogP contribution in [0.4, 0.5) is 5.69 Å². The van der Waals surface area contributed by atoms with Crippen molar-refractivity contribution in [3.8, 4) is 5.69 Å². The summed E-state index contributed by atoms with van der Waals surface area (Å²) in [5.74, 6) is 0. The number of hydrogen-bond acceptors (Lipinski definition) is 4. The Morgan fingerprint density at radius 3 is 2.66 bits per heavy atom. The van der Waals surface area contributed by atoms with Gasteiger partial charge in [0.05, 0.1) is 12.7 Å². The molecule has 38 heavy (non-hydrogen) atoms. The number of fused-ring (bicyclic) bond motifs is 1. The predicted octanol–water partition coefficient (Wildman–Crippen LogP) is 5.30. The highest BCUT2D eigenvalue weighted by Gasteiger charge is 2.28. The van der Waals surface area contributed by atoms with Crippen LogP contribution in [0.5, 0.6) is 0 Å². The lowest BCUT2D eigenvalue weighted by Crippen LogP contribution is -2.52. The van der Waals surface area contributed by atoms with E-state index in [1.807, 2.05) is 12.3 Å². The molecule has 0 saturated carbocycles. The Hall–Kier alpha value is -3.41. The fourth-order valence-electron chi connectivity index (χ4n) is 6.89. The summed E-state index contributed by atoms with van der Waals surface area (Å²) in [4.78, 5) is 17.5. The van der Waals surface area contributed by atoms with Crippen LogP contribution in [-0.2, 0) is 24.0 Å². The summed E-state index contributed by atoms with van der Waals surface area (Å²) >= 11 is 0. The lowest BCUT2D eigenvalue weighted by Gasteiger charge is -2.42. The maximum Gasteiger partial charge on any atom is 0.255 e. The third-order valence-electron chi connectivity index (χ3n) is 8.90. The molecule has 3 aromatic carbocycles. The fraction of sp³-hybridized carbons (Fsp3) is 0.364. The number of hydrogen-bond donors (Lipinski definition) is 0. The van der Waals surface area contributed by atoms with Crippen LogP contribution in [-0.4, -0.2) is 48.3 Å². The van der Waals surface area contributed by atoms with Crippen LogP contribution < -0.4 is 10.5 Å². The van der Waals surface area contributed by atoms with Gasteiger partial charge in [0, 0.05) is 61.2 Å². The van der Waals surface area contributed by atoms with Gasteiger partial charge in [-0.05, 0) is 84.5 Å². The van der Waals surface area contributed by atoms with Crippen LogP contribution in [0.25, 0.3) is 16.5 Å². The van der Waals surface area contributed by atoms with Gasteiger partial charge >= 0.3 is 0 Å². The van der Waals surface area contributed by atoms with E-state index in [-0.39, 0.29) is 11.7 Å². The Morgan fingerprint density at radius 2 is 1.79 bits per heavy atom. The summed E-state index contributed by atoms with van der Waals surface area (Å²) < 4.78 is 7.98. The summed E-state index contributed by atoms with van der Waals surface area (Å²) in [5.41, 5.74) is 7.95. The molecule has 1 aliphatic carbocycles. The van der Waals surface area contributed by atoms with Crippen molar-refractivity contribution in [3.05, 3.63) is 106 Å². The van der Waals surface area contributed by atoms with Gasteiger partial charge in [-0.25, -0.2) is 0 Å². The first-order chi connectivity index (χ1) is 18.7. The number of pyridine rings is 1. The smallest absolute Gasteiger partial charge is 0.255 e. The molecule has 0 bridgehead atoms. The Morgan fingerprint density at radius 1 is 0.895 bits per heavy atom. The molecule has 0 unspecified atom stereocenters. The largest absolute Gasteiger partial charge is 0.373 e. The van der Waals surface area contributed by atoms with Crippen LogP contribution in [0.15, 0.2) is 77.7 Å². The second kappa shape index (κ2) is 9.72. The van der Waals surface area contributed by atoms with Crippen molar-refractivity contribution in [1.82, 2.24) is 9.47 Å². The summed E-state index contributed by atoms with van der Waals surface area (Å²) in [6.07, 6.45) is 6.19. The van der Waals surface area contributed by atoms with E-state index in [0.717, 1.165) is 51.3 Å². The van der Waals surface area contributed by atoms with E-state index in [9.17, 15) is 4.79 Å². The van der Waals surface area contributed by atoms with Gasteiger partial charge in [0.15, 0.2) is 0 Å². The number of anilines is 1. The fourth-order valence-corrected chi connectivity index (χ4v) is 6.89. The molecule has 1 aromatic heterocycles. The second-order valence-corrected chi connectivity index (χ2v) is 11.1. The molecule has 5 heteroatoms. The lowest BCUT2D eigenvalue weighted by atomic mass is 9.94. The highest BCUT2D eigenvalue weighted by Crippen LogP contribution is 2.37. The third-order valence-corrected chi connectivity index (χ3v) is 8.90. The number of ether oxygens (including phenoxy) is 1. The number of nitrogens with zero attached hydrogens (tertiary/aromatic N) is 3. The molecule has 2 atom stereocenters. The normalized spacial score (nSPS) is 21.1. The molecule has 0 N–H and O–H groups in total. The standard InChI is InChI=1S/C33H35N3O2/c1-23-22-35(30-13-10-25-9-8-24-5-4-6-29(30)33(24)25)19-18-34(23)17-14-31-28-12-11-27(21-26(28)15-20-38-31)36-16-3-2-7-32(36)37/h2-7,10-13,16,21,23,31H,8-9,14-15,17-20,22H2,1H3/t23-,31+/m1/s1. The first-order valence-electron chi connectivity index (χ1n) is 14.1. The Kier molecular flexibility index (Phi) is 6.06. The molecule has 0 amide bonds. The van der Waals surface area contributed by atoms with Gasteiger partial charge in [0.1, 0.15) is 0 Å². The molecular weight excluding hydrogens is 470 g/mol. The minimum Gasteiger partial charge on any atom is -0.373 e. The number of aryl methyl sites for hydroxylation is 2. The molecule has 0 radical (unpaired) electrons. The highest BCUT2D eigenvalue weighted by atomic mass is 16.5. The monoisotopic (exact) mass is 505 g/mol. The van der Waals surface area contributed by atoms with E-state index in [0.29, 0.717) is 6.04 Å². The Labute approximate surface area is 224 Å². The molecule has 4 aromatic rings. The van der Waals surface area contributed by atoms with Gasteiger partial charge < -0.3 is 9.64 Å². The topological polar surface area (TPSA) is 37.7 Å². The van der Waals surface area contributed by atoms with Crippen LogP contribution in [0.3, 0.4) is 0 Å². The molecule has 1 fully saturated rings. The van der Waals surface area contributed by atoms with Crippen LogP contribution >= 0.6 is 0 Å². The van der Waals surface area contributed by atoms with Gasteiger partial charge in [0.2, 0.25) is 0 Å². The maximum absolute atomic E-state index is 12.3. The van der Waals surface area contributed by atoms with E-state index in [1.54, 1.807) is 16.7 Å². The van der Waals surface area contributed by atoms with Crippen LogP contribution in [0.1, 0.15) is 41.7 Å². The average molecular weight is 506 g/mol. The zero-order chi connectivity index (χ0) is 25.6. The van der Waals surface area contributed by atoms with Gasteiger partial charge in [-0.1, -0.05) is 36.4 Å². The summed E-state index contributed by atoms with van der Waals surface area (Å²) in [6.45, 7) is 7.31. The van der Waals surface area contributed by atoms with E-state index < -0.39 is 0 Å². The van der Waals surface area contributed by atoms with Gasteiger partial charge in [-0.2, -0.15) is 0 Å². The molecule has 5 nitrogen and oxygen atoms in total. The molecule has 3 aliphatic rings. The highest BCUT2D eigenvalue weighted by molar-refractivity contribution is 5.99. The summed E-state index contributed by atoms with van der Waals surface area (Å²) in [5, 5.41) is 2.94. The summed E-state index contributed by atoms with van der Waals surface area (Å²) in [6, 6.07) is 23.8.